The molecule has 112 valence electrons. The van der Waals surface area contributed by atoms with Crippen molar-refractivity contribution in [3.63, 3.8) is 0 Å². The molecule has 1 aliphatic rings. The van der Waals surface area contributed by atoms with Crippen LogP contribution in [0.5, 0.6) is 0 Å². The van der Waals surface area contributed by atoms with E-state index in [-0.39, 0.29) is 0 Å². The van der Waals surface area contributed by atoms with Gasteiger partial charge in [-0.3, -0.25) is 0 Å². The van der Waals surface area contributed by atoms with Gasteiger partial charge in [-0.25, -0.2) is 0 Å². The van der Waals surface area contributed by atoms with E-state index >= 15 is 0 Å². The van der Waals surface area contributed by atoms with Gasteiger partial charge < -0.3 is 5.32 Å². The van der Waals surface area contributed by atoms with Crippen molar-refractivity contribution in [2.24, 2.45) is 17.8 Å². The molecule has 0 aliphatic heterocycles. The zero-order valence-electron chi connectivity index (χ0n) is 13.7. The summed E-state index contributed by atoms with van der Waals surface area (Å²) < 4.78 is 0. The van der Waals surface area contributed by atoms with Crippen LogP contribution >= 0.6 is 0 Å². The number of hydrogen-bond donors (Lipinski definition) is 1. The van der Waals surface area contributed by atoms with Gasteiger partial charge in [-0.15, -0.1) is 0 Å². The minimum absolute atomic E-state index is 0.681. The minimum atomic E-state index is 0.681. The molecule has 1 heteroatoms. The first-order valence-corrected chi connectivity index (χ1v) is 8.31. The van der Waals surface area contributed by atoms with Crippen molar-refractivity contribution in [3.05, 3.63) is 35.4 Å². The second-order valence-corrected chi connectivity index (χ2v) is 7.10. The summed E-state index contributed by atoms with van der Waals surface area (Å²) >= 11 is 0. The molecule has 1 nitrogen and oxygen atoms in total. The van der Waals surface area contributed by atoms with E-state index in [1.807, 2.05) is 0 Å². The first-order valence-electron chi connectivity index (χ1n) is 8.31. The lowest BCUT2D eigenvalue weighted by Crippen LogP contribution is -2.38. The van der Waals surface area contributed by atoms with E-state index < -0.39 is 0 Å². The second-order valence-electron chi connectivity index (χ2n) is 7.10. The molecule has 0 saturated heterocycles. The van der Waals surface area contributed by atoms with Crippen LogP contribution < -0.4 is 5.32 Å². The first-order chi connectivity index (χ1) is 9.58. The molecular weight excluding hydrogens is 242 g/mol. The van der Waals surface area contributed by atoms with Crippen LogP contribution in [0.25, 0.3) is 0 Å². The van der Waals surface area contributed by atoms with Gasteiger partial charge in [0.05, 0.1) is 0 Å². The van der Waals surface area contributed by atoms with E-state index in [0.29, 0.717) is 6.04 Å². The average molecular weight is 273 g/mol. The molecular formula is C19H31N. The summed E-state index contributed by atoms with van der Waals surface area (Å²) in [4.78, 5) is 0. The molecule has 1 aromatic rings. The van der Waals surface area contributed by atoms with Gasteiger partial charge in [0, 0.05) is 6.04 Å². The molecule has 1 N–H and O–H groups in total. The maximum absolute atomic E-state index is 3.60. The molecule has 0 radical (unpaired) electrons. The van der Waals surface area contributed by atoms with E-state index in [4.69, 9.17) is 0 Å². The SMILES string of the molecule is CNC(CCc1cccc(C)c1)C1CC(C)CC(C)C1. The number of benzene rings is 1. The molecule has 1 fully saturated rings. The lowest BCUT2D eigenvalue weighted by Gasteiger charge is -2.36. The van der Waals surface area contributed by atoms with Crippen LogP contribution in [0.1, 0.15) is 50.7 Å². The van der Waals surface area contributed by atoms with Crippen LogP contribution in [0, 0.1) is 24.7 Å². The highest BCUT2D eigenvalue weighted by molar-refractivity contribution is 5.22. The standard InChI is InChI=1S/C19H31N/c1-14-6-5-7-17(11-14)8-9-19(20-4)18-12-15(2)10-16(3)13-18/h5-7,11,15-16,18-20H,8-10,12-13H2,1-4H3. The zero-order valence-corrected chi connectivity index (χ0v) is 13.7. The van der Waals surface area contributed by atoms with E-state index in [2.05, 4.69) is 57.4 Å². The van der Waals surface area contributed by atoms with Gasteiger partial charge in [0.2, 0.25) is 0 Å². The largest absolute Gasteiger partial charge is 0.317 e. The lowest BCUT2D eigenvalue weighted by atomic mass is 9.73. The Kier molecular flexibility index (Phi) is 5.65. The molecule has 0 amide bonds. The molecule has 20 heavy (non-hydrogen) atoms. The third kappa shape index (κ3) is 4.34. The van der Waals surface area contributed by atoms with Gasteiger partial charge in [0.25, 0.3) is 0 Å². The van der Waals surface area contributed by atoms with E-state index in [0.717, 1.165) is 17.8 Å². The van der Waals surface area contributed by atoms with Gasteiger partial charge in [-0.1, -0.05) is 43.7 Å². The fourth-order valence-corrected chi connectivity index (χ4v) is 4.14. The number of aryl methyl sites for hydroxylation is 2. The van der Waals surface area contributed by atoms with Crippen molar-refractivity contribution in [2.45, 2.75) is 58.9 Å². The van der Waals surface area contributed by atoms with Crippen LogP contribution in [0.4, 0.5) is 0 Å². The smallest absolute Gasteiger partial charge is 0.00956 e. The average Bonchev–Trinajstić information content (AvgIpc) is 2.38. The van der Waals surface area contributed by atoms with Crippen LogP contribution in [-0.2, 0) is 6.42 Å². The molecule has 0 spiro atoms. The second kappa shape index (κ2) is 7.26. The maximum atomic E-state index is 3.60. The van der Waals surface area contributed by atoms with E-state index in [9.17, 15) is 0 Å². The lowest BCUT2D eigenvalue weighted by molar-refractivity contribution is 0.175. The summed E-state index contributed by atoms with van der Waals surface area (Å²) in [6, 6.07) is 9.65. The Morgan fingerprint density at radius 2 is 1.85 bits per heavy atom. The summed E-state index contributed by atoms with van der Waals surface area (Å²) in [6.45, 7) is 7.04. The minimum Gasteiger partial charge on any atom is -0.317 e. The van der Waals surface area contributed by atoms with Crippen molar-refractivity contribution in [1.29, 1.82) is 0 Å². The quantitative estimate of drug-likeness (QED) is 0.827. The molecule has 1 saturated carbocycles. The van der Waals surface area contributed by atoms with Crippen molar-refractivity contribution in [1.82, 2.24) is 5.32 Å². The van der Waals surface area contributed by atoms with Gasteiger partial charge in [0.15, 0.2) is 0 Å². The first kappa shape index (κ1) is 15.6. The highest BCUT2D eigenvalue weighted by Gasteiger charge is 2.28. The summed E-state index contributed by atoms with van der Waals surface area (Å²) in [5.41, 5.74) is 2.87. The Bertz CT molecular complexity index is 402. The van der Waals surface area contributed by atoms with E-state index in [1.165, 1.54) is 43.2 Å². The third-order valence-electron chi connectivity index (χ3n) is 4.98. The Labute approximate surface area is 125 Å². The molecule has 0 heterocycles. The molecule has 3 unspecified atom stereocenters. The highest BCUT2D eigenvalue weighted by Crippen LogP contribution is 2.35. The fourth-order valence-electron chi connectivity index (χ4n) is 4.14. The van der Waals surface area contributed by atoms with Crippen molar-refractivity contribution >= 4 is 0 Å². The van der Waals surface area contributed by atoms with Crippen LogP contribution in [-0.4, -0.2) is 13.1 Å². The van der Waals surface area contributed by atoms with Crippen molar-refractivity contribution in [3.8, 4) is 0 Å². The van der Waals surface area contributed by atoms with Gasteiger partial charge in [0.1, 0.15) is 0 Å². The van der Waals surface area contributed by atoms with Crippen LogP contribution in [0.2, 0.25) is 0 Å². The Hall–Kier alpha value is -0.820. The molecule has 0 aromatic heterocycles. The molecule has 3 atom stereocenters. The summed E-state index contributed by atoms with van der Waals surface area (Å²) in [7, 11) is 2.14. The van der Waals surface area contributed by atoms with Crippen molar-refractivity contribution in [2.75, 3.05) is 7.05 Å². The fraction of sp³-hybridized carbons (Fsp3) is 0.684. The highest BCUT2D eigenvalue weighted by atomic mass is 14.9. The van der Waals surface area contributed by atoms with Gasteiger partial charge >= 0.3 is 0 Å². The molecule has 1 aliphatic carbocycles. The predicted octanol–water partition coefficient (Wildman–Crippen LogP) is 4.59. The van der Waals surface area contributed by atoms with Gasteiger partial charge in [-0.2, -0.15) is 0 Å². The molecule has 1 aromatic carbocycles. The van der Waals surface area contributed by atoms with E-state index in [1.54, 1.807) is 0 Å². The van der Waals surface area contributed by atoms with Crippen molar-refractivity contribution < 1.29 is 0 Å². The number of rotatable bonds is 5. The monoisotopic (exact) mass is 273 g/mol. The molecule has 2 rings (SSSR count). The topological polar surface area (TPSA) is 12.0 Å². The normalized spacial score (nSPS) is 28.3. The number of nitrogens with one attached hydrogen (secondary N) is 1. The summed E-state index contributed by atoms with van der Waals surface area (Å²) in [5.74, 6) is 2.67. The zero-order chi connectivity index (χ0) is 14.5. The third-order valence-corrected chi connectivity index (χ3v) is 4.98. The summed E-state index contributed by atoms with van der Waals surface area (Å²) in [6.07, 6.45) is 6.70. The Balaban J connectivity index is 1.91. The maximum Gasteiger partial charge on any atom is 0.00956 e. The predicted molar refractivity (Wildman–Crippen MR) is 88.0 cm³/mol. The Morgan fingerprint density at radius 3 is 2.45 bits per heavy atom. The number of hydrogen-bond acceptors (Lipinski definition) is 1. The van der Waals surface area contributed by atoms with Crippen LogP contribution in [0.15, 0.2) is 24.3 Å². The Morgan fingerprint density at radius 1 is 1.15 bits per heavy atom. The van der Waals surface area contributed by atoms with Crippen LogP contribution in [0.3, 0.4) is 0 Å². The summed E-state index contributed by atoms with van der Waals surface area (Å²) in [5, 5.41) is 3.60. The van der Waals surface area contributed by atoms with Gasteiger partial charge in [-0.05, 0) is 69.4 Å². The molecule has 0 bridgehead atoms.